The second-order valence-corrected chi connectivity index (χ2v) is 7.45. The Morgan fingerprint density at radius 2 is 1.25 bits per heavy atom. The van der Waals surface area contributed by atoms with Gasteiger partial charge in [-0.2, -0.15) is 0 Å². The van der Waals surface area contributed by atoms with E-state index in [0.29, 0.717) is 17.8 Å². The molecule has 3 unspecified atom stereocenters. The van der Waals surface area contributed by atoms with E-state index in [0.717, 1.165) is 19.6 Å². The van der Waals surface area contributed by atoms with Gasteiger partial charge in [0.05, 0.1) is 0 Å². The third kappa shape index (κ3) is 7.44. The zero-order valence-corrected chi connectivity index (χ0v) is 17.8. The average molecular weight is 343 g/mol. The predicted octanol–water partition coefficient (Wildman–Crippen LogP) is 7.21. The standard InChI is InChI=1S/C22H46O2/c1-8-13-14-15-16-17-18-21(19(6)9-2)22(23-11-4,24-12-5)20(7)10-3/h19-21H,8-18H2,1-7H3. The molecule has 0 amide bonds. The molecule has 0 aromatic rings. The van der Waals surface area contributed by atoms with E-state index in [9.17, 15) is 0 Å². The maximum atomic E-state index is 6.38. The summed E-state index contributed by atoms with van der Waals surface area (Å²) in [6, 6.07) is 0. The van der Waals surface area contributed by atoms with Crippen LogP contribution >= 0.6 is 0 Å². The van der Waals surface area contributed by atoms with E-state index in [-0.39, 0.29) is 0 Å². The summed E-state index contributed by atoms with van der Waals surface area (Å²) in [4.78, 5) is 0. The quantitative estimate of drug-likeness (QED) is 0.218. The van der Waals surface area contributed by atoms with Crippen LogP contribution in [0, 0.1) is 17.8 Å². The van der Waals surface area contributed by atoms with Crippen molar-refractivity contribution in [2.24, 2.45) is 17.8 Å². The largest absolute Gasteiger partial charge is 0.350 e. The van der Waals surface area contributed by atoms with Crippen molar-refractivity contribution < 1.29 is 9.47 Å². The van der Waals surface area contributed by atoms with Gasteiger partial charge in [-0.3, -0.25) is 0 Å². The van der Waals surface area contributed by atoms with Crippen LogP contribution in [-0.4, -0.2) is 19.0 Å². The molecule has 0 aliphatic carbocycles. The third-order valence-electron chi connectivity index (χ3n) is 5.76. The van der Waals surface area contributed by atoms with Crippen LogP contribution in [-0.2, 0) is 9.47 Å². The van der Waals surface area contributed by atoms with Crippen molar-refractivity contribution in [3.05, 3.63) is 0 Å². The van der Waals surface area contributed by atoms with Crippen molar-refractivity contribution in [3.8, 4) is 0 Å². The molecule has 0 aromatic carbocycles. The molecule has 0 aromatic heterocycles. The van der Waals surface area contributed by atoms with Gasteiger partial charge in [-0.05, 0) is 32.6 Å². The summed E-state index contributed by atoms with van der Waals surface area (Å²) in [6.07, 6.45) is 11.6. The van der Waals surface area contributed by atoms with Crippen molar-refractivity contribution in [3.63, 3.8) is 0 Å². The Morgan fingerprint density at radius 1 is 0.708 bits per heavy atom. The van der Waals surface area contributed by atoms with Gasteiger partial charge in [0.2, 0.25) is 0 Å². The van der Waals surface area contributed by atoms with E-state index in [2.05, 4.69) is 48.5 Å². The molecule has 24 heavy (non-hydrogen) atoms. The second kappa shape index (κ2) is 14.1. The lowest BCUT2D eigenvalue weighted by atomic mass is 9.75. The Labute approximate surface area is 153 Å². The van der Waals surface area contributed by atoms with Crippen LogP contribution in [0.5, 0.6) is 0 Å². The molecular weight excluding hydrogens is 296 g/mol. The Balaban J connectivity index is 5.08. The summed E-state index contributed by atoms with van der Waals surface area (Å²) < 4.78 is 12.8. The highest BCUT2D eigenvalue weighted by molar-refractivity contribution is 4.87. The molecule has 3 atom stereocenters. The van der Waals surface area contributed by atoms with Crippen LogP contribution in [0.3, 0.4) is 0 Å². The molecule has 0 saturated carbocycles. The van der Waals surface area contributed by atoms with Gasteiger partial charge in [0.25, 0.3) is 0 Å². The number of hydrogen-bond acceptors (Lipinski definition) is 2. The number of hydrogen-bond donors (Lipinski definition) is 0. The van der Waals surface area contributed by atoms with Gasteiger partial charge in [-0.15, -0.1) is 0 Å². The Morgan fingerprint density at radius 3 is 1.71 bits per heavy atom. The summed E-state index contributed by atoms with van der Waals surface area (Å²) >= 11 is 0. The van der Waals surface area contributed by atoms with Crippen LogP contribution < -0.4 is 0 Å². The van der Waals surface area contributed by atoms with E-state index in [1.54, 1.807) is 0 Å². The molecule has 0 fully saturated rings. The molecule has 146 valence electrons. The summed E-state index contributed by atoms with van der Waals surface area (Å²) in [6.45, 7) is 17.2. The van der Waals surface area contributed by atoms with Crippen LogP contribution in [0.15, 0.2) is 0 Å². The van der Waals surface area contributed by atoms with E-state index >= 15 is 0 Å². The third-order valence-corrected chi connectivity index (χ3v) is 5.76. The van der Waals surface area contributed by atoms with Gasteiger partial charge in [0, 0.05) is 25.0 Å². The fourth-order valence-electron chi connectivity index (χ4n) is 3.95. The lowest BCUT2D eigenvalue weighted by Gasteiger charge is -2.46. The molecule has 0 radical (unpaired) electrons. The zero-order chi connectivity index (χ0) is 18.4. The van der Waals surface area contributed by atoms with Gasteiger partial charge in [-0.25, -0.2) is 0 Å². The topological polar surface area (TPSA) is 18.5 Å². The van der Waals surface area contributed by atoms with Gasteiger partial charge in [-0.1, -0.05) is 79.6 Å². The van der Waals surface area contributed by atoms with E-state index in [4.69, 9.17) is 9.47 Å². The molecule has 2 heteroatoms. The van der Waals surface area contributed by atoms with E-state index in [1.807, 2.05) is 0 Å². The molecule has 0 aliphatic rings. The molecule has 0 N–H and O–H groups in total. The molecule has 2 nitrogen and oxygen atoms in total. The smallest absolute Gasteiger partial charge is 0.173 e. The normalized spacial score (nSPS) is 16.1. The molecule has 0 spiro atoms. The maximum absolute atomic E-state index is 6.38. The van der Waals surface area contributed by atoms with Crippen LogP contribution in [0.1, 0.15) is 106 Å². The fraction of sp³-hybridized carbons (Fsp3) is 1.00. The molecular formula is C22H46O2. The highest BCUT2D eigenvalue weighted by Gasteiger charge is 2.46. The fourth-order valence-corrected chi connectivity index (χ4v) is 3.95. The van der Waals surface area contributed by atoms with Crippen LogP contribution in [0.2, 0.25) is 0 Å². The van der Waals surface area contributed by atoms with Crippen molar-refractivity contribution in [2.45, 2.75) is 112 Å². The minimum Gasteiger partial charge on any atom is -0.350 e. The van der Waals surface area contributed by atoms with Crippen LogP contribution in [0.25, 0.3) is 0 Å². The summed E-state index contributed by atoms with van der Waals surface area (Å²) in [5.41, 5.74) is 0. The monoisotopic (exact) mass is 342 g/mol. The van der Waals surface area contributed by atoms with Crippen molar-refractivity contribution in [2.75, 3.05) is 13.2 Å². The first-order valence-corrected chi connectivity index (χ1v) is 10.8. The Hall–Kier alpha value is -0.0800. The first-order chi connectivity index (χ1) is 11.5. The summed E-state index contributed by atoms with van der Waals surface area (Å²) in [7, 11) is 0. The minimum atomic E-state index is -0.406. The molecule has 0 rings (SSSR count). The number of unbranched alkanes of at least 4 members (excludes halogenated alkanes) is 5. The Kier molecular flexibility index (Phi) is 14.1. The molecule has 0 saturated heterocycles. The van der Waals surface area contributed by atoms with Gasteiger partial charge >= 0.3 is 0 Å². The first kappa shape index (κ1) is 23.9. The van der Waals surface area contributed by atoms with E-state index in [1.165, 1.54) is 51.4 Å². The maximum Gasteiger partial charge on any atom is 0.173 e. The highest BCUT2D eigenvalue weighted by atomic mass is 16.7. The van der Waals surface area contributed by atoms with Gasteiger partial charge in [0.1, 0.15) is 0 Å². The summed E-state index contributed by atoms with van der Waals surface area (Å²) in [5.74, 6) is 1.14. The number of rotatable bonds is 16. The highest BCUT2D eigenvalue weighted by Crippen LogP contribution is 2.42. The van der Waals surface area contributed by atoms with Crippen molar-refractivity contribution in [1.29, 1.82) is 0 Å². The number of ether oxygens (including phenoxy) is 2. The summed E-state index contributed by atoms with van der Waals surface area (Å²) in [5, 5.41) is 0. The second-order valence-electron chi connectivity index (χ2n) is 7.45. The first-order valence-electron chi connectivity index (χ1n) is 10.8. The molecule has 0 heterocycles. The lowest BCUT2D eigenvalue weighted by Crippen LogP contribution is -2.51. The minimum absolute atomic E-state index is 0.406. The van der Waals surface area contributed by atoms with E-state index < -0.39 is 5.79 Å². The van der Waals surface area contributed by atoms with Gasteiger partial charge in [0.15, 0.2) is 5.79 Å². The Bertz CT molecular complexity index is 271. The molecule has 0 aliphatic heterocycles. The molecule has 0 bridgehead atoms. The zero-order valence-electron chi connectivity index (χ0n) is 17.8. The SMILES string of the molecule is CCCCCCCCC(C(C)CC)C(OCC)(OCC)C(C)CC. The van der Waals surface area contributed by atoms with Crippen molar-refractivity contribution in [1.82, 2.24) is 0 Å². The average Bonchev–Trinajstić information content (AvgIpc) is 2.59. The lowest BCUT2D eigenvalue weighted by molar-refractivity contribution is -0.299. The van der Waals surface area contributed by atoms with Crippen LogP contribution in [0.4, 0.5) is 0 Å². The van der Waals surface area contributed by atoms with Crippen molar-refractivity contribution >= 4 is 0 Å². The predicted molar refractivity (Wildman–Crippen MR) is 106 cm³/mol. The van der Waals surface area contributed by atoms with Gasteiger partial charge < -0.3 is 9.47 Å².